The summed E-state index contributed by atoms with van der Waals surface area (Å²) in [5.41, 5.74) is 0.789. The van der Waals surface area contributed by atoms with Crippen molar-refractivity contribution in [2.45, 2.75) is 13.8 Å². The van der Waals surface area contributed by atoms with Gasteiger partial charge in [0.25, 0.3) is 0 Å². The number of carbonyl (C=O) groups is 4. The van der Waals surface area contributed by atoms with Crippen molar-refractivity contribution in [3.63, 3.8) is 0 Å². The molecule has 6 heteroatoms. The van der Waals surface area contributed by atoms with Crippen molar-refractivity contribution in [3.05, 3.63) is 45.3 Å². The second kappa shape index (κ2) is 5.76. The zero-order valence-electron chi connectivity index (χ0n) is 10.8. The van der Waals surface area contributed by atoms with E-state index in [1.54, 1.807) is 13.8 Å². The summed E-state index contributed by atoms with van der Waals surface area (Å²) in [7, 11) is 2.03. The maximum absolute atomic E-state index is 11.7. The molecule has 0 amide bonds. The van der Waals surface area contributed by atoms with E-state index in [1.807, 2.05) is 0 Å². The molecule has 0 aromatic heterocycles. The zero-order valence-corrected chi connectivity index (χ0v) is 12.4. The SMILES string of the molecule is CC1=CC(=O)C(SSC2=CC(=O)C(C)=CC2=O)=CC1=O. The fraction of sp³-hybridized carbons (Fsp3) is 0.143. The molecule has 0 heterocycles. The van der Waals surface area contributed by atoms with Crippen LogP contribution in [0.15, 0.2) is 45.3 Å². The Hall–Kier alpha value is -1.66. The summed E-state index contributed by atoms with van der Waals surface area (Å²) >= 11 is 0. The van der Waals surface area contributed by atoms with Crippen molar-refractivity contribution in [2.75, 3.05) is 0 Å². The van der Waals surface area contributed by atoms with E-state index in [0.717, 1.165) is 21.6 Å². The Kier molecular flexibility index (Phi) is 4.25. The fourth-order valence-corrected chi connectivity index (χ4v) is 3.60. The molecule has 20 heavy (non-hydrogen) atoms. The van der Waals surface area contributed by atoms with E-state index in [-0.39, 0.29) is 32.9 Å². The topological polar surface area (TPSA) is 68.3 Å². The van der Waals surface area contributed by atoms with E-state index in [2.05, 4.69) is 0 Å². The molecule has 4 nitrogen and oxygen atoms in total. The van der Waals surface area contributed by atoms with Crippen molar-refractivity contribution in [1.82, 2.24) is 0 Å². The second-order valence-electron chi connectivity index (χ2n) is 4.30. The molecule has 0 aromatic rings. The van der Waals surface area contributed by atoms with Gasteiger partial charge < -0.3 is 0 Å². The average Bonchev–Trinajstić information content (AvgIpc) is 2.37. The molecule has 0 N–H and O–H groups in total. The number of hydrogen-bond acceptors (Lipinski definition) is 6. The van der Waals surface area contributed by atoms with Crippen LogP contribution >= 0.6 is 21.6 Å². The van der Waals surface area contributed by atoms with Crippen molar-refractivity contribution in [2.24, 2.45) is 0 Å². The lowest BCUT2D eigenvalue weighted by atomic mass is 10.1. The minimum Gasteiger partial charge on any atom is -0.290 e. The molecule has 0 saturated heterocycles. The van der Waals surface area contributed by atoms with Gasteiger partial charge in [-0.05, 0) is 47.6 Å². The third-order valence-electron chi connectivity index (χ3n) is 2.70. The normalized spacial score (nSPS) is 19.5. The molecule has 0 bridgehead atoms. The molecule has 2 rings (SSSR count). The van der Waals surface area contributed by atoms with Crippen LogP contribution in [0.1, 0.15) is 13.8 Å². The Balaban J connectivity index is 2.07. The lowest BCUT2D eigenvalue weighted by molar-refractivity contribution is -0.114. The second-order valence-corrected chi connectivity index (χ2v) is 6.51. The van der Waals surface area contributed by atoms with Crippen LogP contribution in [0.5, 0.6) is 0 Å². The highest BCUT2D eigenvalue weighted by Crippen LogP contribution is 2.39. The van der Waals surface area contributed by atoms with Gasteiger partial charge in [-0.3, -0.25) is 19.2 Å². The van der Waals surface area contributed by atoms with Crippen molar-refractivity contribution in [3.8, 4) is 0 Å². The minimum atomic E-state index is -0.262. The Morgan fingerprint density at radius 2 is 0.950 bits per heavy atom. The van der Waals surface area contributed by atoms with Gasteiger partial charge >= 0.3 is 0 Å². The number of allylic oxidation sites excluding steroid dienone is 8. The van der Waals surface area contributed by atoms with E-state index < -0.39 is 0 Å². The molecule has 0 radical (unpaired) electrons. The molecule has 0 atom stereocenters. The summed E-state index contributed by atoms with van der Waals surface area (Å²) in [6, 6.07) is 0. The first-order chi connectivity index (χ1) is 9.38. The van der Waals surface area contributed by atoms with E-state index in [9.17, 15) is 19.2 Å². The Morgan fingerprint density at radius 1 is 0.600 bits per heavy atom. The maximum atomic E-state index is 11.7. The molecule has 0 fully saturated rings. The molecule has 0 spiro atoms. The molecule has 0 aromatic carbocycles. The smallest absolute Gasteiger partial charge is 0.193 e. The first kappa shape index (κ1) is 14.7. The molecule has 2 aliphatic carbocycles. The molecule has 0 unspecified atom stereocenters. The first-order valence-corrected chi connectivity index (χ1v) is 7.85. The summed E-state index contributed by atoms with van der Waals surface area (Å²) in [4.78, 5) is 46.9. The number of rotatable bonds is 3. The van der Waals surface area contributed by atoms with Crippen LogP contribution in [-0.4, -0.2) is 23.1 Å². The van der Waals surface area contributed by atoms with Crippen molar-refractivity contribution in [1.29, 1.82) is 0 Å². The first-order valence-electron chi connectivity index (χ1n) is 5.70. The molecule has 0 aliphatic heterocycles. The number of hydrogen-bond donors (Lipinski definition) is 0. The lowest BCUT2D eigenvalue weighted by Gasteiger charge is -2.11. The van der Waals surface area contributed by atoms with Gasteiger partial charge in [-0.25, -0.2) is 0 Å². The van der Waals surface area contributed by atoms with Gasteiger partial charge in [-0.1, -0.05) is 0 Å². The predicted molar refractivity (Wildman–Crippen MR) is 78.9 cm³/mol. The summed E-state index contributed by atoms with van der Waals surface area (Å²) in [6.07, 6.45) is 5.06. The van der Waals surface area contributed by atoms with Gasteiger partial charge in [0.15, 0.2) is 23.1 Å². The van der Waals surface area contributed by atoms with Gasteiger partial charge in [0, 0.05) is 23.3 Å². The van der Waals surface area contributed by atoms with E-state index in [4.69, 9.17) is 0 Å². The van der Waals surface area contributed by atoms with E-state index in [1.165, 1.54) is 24.3 Å². The number of ketones is 4. The van der Waals surface area contributed by atoms with Crippen LogP contribution in [-0.2, 0) is 19.2 Å². The molecular formula is C14H10O4S2. The molecule has 2 aliphatic rings. The van der Waals surface area contributed by atoms with Gasteiger partial charge in [-0.2, -0.15) is 0 Å². The Labute approximate surface area is 123 Å². The molecule has 102 valence electrons. The van der Waals surface area contributed by atoms with Crippen molar-refractivity contribution >= 4 is 44.7 Å². The van der Waals surface area contributed by atoms with Crippen LogP contribution in [0.25, 0.3) is 0 Å². The summed E-state index contributed by atoms with van der Waals surface area (Å²) in [6.45, 7) is 3.15. The average molecular weight is 306 g/mol. The van der Waals surface area contributed by atoms with Crippen LogP contribution < -0.4 is 0 Å². The molecule has 0 saturated carbocycles. The monoisotopic (exact) mass is 306 g/mol. The summed E-state index contributed by atoms with van der Waals surface area (Å²) in [5.74, 6) is -0.963. The molecular weight excluding hydrogens is 296 g/mol. The predicted octanol–water partition coefficient (Wildman–Crippen LogP) is 2.33. The largest absolute Gasteiger partial charge is 0.290 e. The summed E-state index contributed by atoms with van der Waals surface area (Å²) < 4.78 is 0. The van der Waals surface area contributed by atoms with Crippen LogP contribution in [0.4, 0.5) is 0 Å². The van der Waals surface area contributed by atoms with Gasteiger partial charge in [-0.15, -0.1) is 0 Å². The Bertz CT molecular complexity index is 605. The highest BCUT2D eigenvalue weighted by molar-refractivity contribution is 8.80. The lowest BCUT2D eigenvalue weighted by Crippen LogP contribution is -2.10. The number of carbonyl (C=O) groups excluding carboxylic acids is 4. The van der Waals surface area contributed by atoms with Crippen molar-refractivity contribution < 1.29 is 19.2 Å². The third-order valence-corrected chi connectivity index (χ3v) is 5.11. The standard InChI is InChI=1S/C14H10O4S2/c1-7-3-11(17)13(5-9(7)15)19-20-14-6-10(16)8(2)4-12(14)18/h3-6H,1-2H3. The highest BCUT2D eigenvalue weighted by Gasteiger charge is 2.22. The van der Waals surface area contributed by atoms with Gasteiger partial charge in [0.2, 0.25) is 0 Å². The summed E-state index contributed by atoms with van der Waals surface area (Å²) in [5, 5.41) is 0. The van der Waals surface area contributed by atoms with E-state index >= 15 is 0 Å². The van der Waals surface area contributed by atoms with Crippen LogP contribution in [0.3, 0.4) is 0 Å². The Morgan fingerprint density at radius 3 is 1.30 bits per heavy atom. The fourth-order valence-electron chi connectivity index (χ4n) is 1.51. The maximum Gasteiger partial charge on any atom is 0.193 e. The van der Waals surface area contributed by atoms with Crippen LogP contribution in [0.2, 0.25) is 0 Å². The highest BCUT2D eigenvalue weighted by atomic mass is 33.1. The van der Waals surface area contributed by atoms with Crippen LogP contribution in [0, 0.1) is 0 Å². The third kappa shape index (κ3) is 3.08. The zero-order chi connectivity index (χ0) is 14.9. The van der Waals surface area contributed by atoms with Gasteiger partial charge in [0.05, 0.1) is 9.81 Å². The van der Waals surface area contributed by atoms with Gasteiger partial charge in [0.1, 0.15) is 0 Å². The quantitative estimate of drug-likeness (QED) is 0.589. The minimum absolute atomic E-state index is 0.219. The van der Waals surface area contributed by atoms with E-state index in [0.29, 0.717) is 11.1 Å².